The number of hydrogen-bond acceptors (Lipinski definition) is 4. The van der Waals surface area contributed by atoms with Crippen LogP contribution in [-0.4, -0.2) is 32.2 Å². The number of para-hydroxylation sites is 1. The molecule has 1 saturated carbocycles. The number of aromatic amines is 1. The number of H-pyrrole nitrogens is 1. The first kappa shape index (κ1) is 17.8. The summed E-state index contributed by atoms with van der Waals surface area (Å²) in [5.74, 6) is -0.0963. The zero-order valence-electron chi connectivity index (χ0n) is 14.2. The molecule has 0 saturated heterocycles. The molecule has 0 unspecified atom stereocenters. The first-order valence-corrected chi connectivity index (χ1v) is 9.00. The Bertz CT molecular complexity index is 890. The number of nitrogens with one attached hydrogen (secondary N) is 2. The van der Waals surface area contributed by atoms with Crippen LogP contribution in [0.4, 0.5) is 0 Å². The van der Waals surface area contributed by atoms with Crippen LogP contribution in [0.5, 0.6) is 0 Å². The van der Waals surface area contributed by atoms with E-state index in [2.05, 4.69) is 10.3 Å². The number of fused-ring (bicyclic) bond motifs is 1. The summed E-state index contributed by atoms with van der Waals surface area (Å²) in [5, 5.41) is 13.5. The lowest BCUT2D eigenvalue weighted by atomic mass is 9.83. The van der Waals surface area contributed by atoms with Gasteiger partial charge in [0.05, 0.1) is 16.5 Å². The lowest BCUT2D eigenvalue weighted by molar-refractivity contribution is -0.122. The van der Waals surface area contributed by atoms with E-state index in [4.69, 9.17) is 12.2 Å². The number of rotatable bonds is 4. The third-order valence-corrected chi connectivity index (χ3v) is 5.20. The first-order chi connectivity index (χ1) is 11.9. The molecule has 0 radical (unpaired) electrons. The van der Waals surface area contributed by atoms with Crippen LogP contribution in [-0.2, 0) is 11.3 Å². The van der Waals surface area contributed by atoms with Crippen molar-refractivity contribution in [3.8, 4) is 0 Å². The second kappa shape index (κ2) is 7.09. The molecule has 6 nitrogen and oxygen atoms in total. The van der Waals surface area contributed by atoms with Crippen molar-refractivity contribution in [1.82, 2.24) is 14.9 Å². The van der Waals surface area contributed by atoms with Crippen molar-refractivity contribution in [2.45, 2.75) is 57.2 Å². The van der Waals surface area contributed by atoms with Gasteiger partial charge < -0.3 is 15.4 Å². The molecule has 1 aromatic carbocycles. The molecule has 3 N–H and O–H groups in total. The Morgan fingerprint density at radius 2 is 2.08 bits per heavy atom. The number of carbonyl (C=O) groups excluding carboxylic acids is 1. The number of aliphatic hydroxyl groups is 1. The average molecular weight is 361 g/mol. The Labute approximate surface area is 150 Å². The molecular formula is C18H23N3O3S. The van der Waals surface area contributed by atoms with Gasteiger partial charge in [-0.3, -0.25) is 14.2 Å². The van der Waals surface area contributed by atoms with Gasteiger partial charge in [0.25, 0.3) is 5.56 Å². The van der Waals surface area contributed by atoms with Crippen molar-refractivity contribution in [3.05, 3.63) is 39.4 Å². The van der Waals surface area contributed by atoms with Gasteiger partial charge >= 0.3 is 0 Å². The minimum atomic E-state index is -0.618. The van der Waals surface area contributed by atoms with Gasteiger partial charge in [-0.05, 0) is 57.0 Å². The van der Waals surface area contributed by atoms with Crippen molar-refractivity contribution in [1.29, 1.82) is 0 Å². The molecule has 134 valence electrons. The van der Waals surface area contributed by atoms with E-state index in [1.54, 1.807) is 12.1 Å². The largest absolute Gasteiger partial charge is 0.390 e. The van der Waals surface area contributed by atoms with Gasteiger partial charge in [-0.25, -0.2) is 0 Å². The SMILES string of the molecule is CC1(O)CCC(NC(=O)CCn2c(=S)[nH]c3ccccc3c2=O)CC1. The predicted octanol–water partition coefficient (Wildman–Crippen LogP) is 2.26. The Hall–Kier alpha value is -1.99. The van der Waals surface area contributed by atoms with Crippen molar-refractivity contribution in [2.75, 3.05) is 0 Å². The number of nitrogens with zero attached hydrogens (tertiary/aromatic N) is 1. The fourth-order valence-electron chi connectivity index (χ4n) is 3.30. The van der Waals surface area contributed by atoms with Crippen LogP contribution in [0.3, 0.4) is 0 Å². The smallest absolute Gasteiger partial charge is 0.262 e. The molecule has 0 spiro atoms. The van der Waals surface area contributed by atoms with E-state index >= 15 is 0 Å². The maximum atomic E-state index is 12.5. The number of amides is 1. The summed E-state index contributed by atoms with van der Waals surface area (Å²) in [7, 11) is 0. The monoisotopic (exact) mass is 361 g/mol. The van der Waals surface area contributed by atoms with Crippen LogP contribution in [0.15, 0.2) is 29.1 Å². The Balaban J connectivity index is 1.64. The van der Waals surface area contributed by atoms with Crippen LogP contribution in [0.2, 0.25) is 0 Å². The summed E-state index contributed by atoms with van der Waals surface area (Å²) >= 11 is 5.25. The molecule has 1 aliphatic carbocycles. The summed E-state index contributed by atoms with van der Waals surface area (Å²) in [6, 6.07) is 7.28. The maximum absolute atomic E-state index is 12.5. The number of benzene rings is 1. The molecule has 25 heavy (non-hydrogen) atoms. The molecule has 3 rings (SSSR count). The quantitative estimate of drug-likeness (QED) is 0.729. The molecule has 0 bridgehead atoms. The van der Waals surface area contributed by atoms with Crippen molar-refractivity contribution < 1.29 is 9.90 Å². The molecule has 1 aromatic heterocycles. The van der Waals surface area contributed by atoms with Crippen LogP contribution in [0.1, 0.15) is 39.0 Å². The molecule has 1 amide bonds. The summed E-state index contributed by atoms with van der Waals surface area (Å²) in [6.07, 6.45) is 3.12. The molecular weight excluding hydrogens is 338 g/mol. The van der Waals surface area contributed by atoms with E-state index in [9.17, 15) is 14.7 Å². The molecule has 0 atom stereocenters. The van der Waals surface area contributed by atoms with Gasteiger partial charge in [-0.2, -0.15) is 0 Å². The second-order valence-corrected chi connectivity index (χ2v) is 7.41. The van der Waals surface area contributed by atoms with Crippen molar-refractivity contribution >= 4 is 29.0 Å². The second-order valence-electron chi connectivity index (χ2n) is 7.02. The Kier molecular flexibility index (Phi) is 5.06. The van der Waals surface area contributed by atoms with Gasteiger partial charge in [0.1, 0.15) is 0 Å². The standard InChI is InChI=1S/C18H23N3O3S/c1-18(24)9-6-12(7-10-18)19-15(22)8-11-21-16(23)13-4-2-3-5-14(13)20-17(21)25/h2-5,12,24H,6-11H2,1H3,(H,19,22)(H,20,25). The Morgan fingerprint density at radius 1 is 1.40 bits per heavy atom. The summed E-state index contributed by atoms with van der Waals surface area (Å²) in [6.45, 7) is 2.08. The third kappa shape index (κ3) is 4.16. The normalized spacial score (nSPS) is 23.5. The summed E-state index contributed by atoms with van der Waals surface area (Å²) in [5.41, 5.74) is -0.0968. The van der Waals surface area contributed by atoms with Crippen LogP contribution in [0, 0.1) is 4.77 Å². The van der Waals surface area contributed by atoms with E-state index in [0.29, 0.717) is 28.5 Å². The zero-order chi connectivity index (χ0) is 18.0. The molecule has 2 aromatic rings. The minimum Gasteiger partial charge on any atom is -0.390 e. The average Bonchev–Trinajstić information content (AvgIpc) is 2.56. The third-order valence-electron chi connectivity index (χ3n) is 4.88. The lowest BCUT2D eigenvalue weighted by Gasteiger charge is -2.33. The molecule has 7 heteroatoms. The lowest BCUT2D eigenvalue weighted by Crippen LogP contribution is -2.42. The van der Waals surface area contributed by atoms with E-state index < -0.39 is 5.60 Å². The van der Waals surface area contributed by atoms with Crippen molar-refractivity contribution in [2.24, 2.45) is 0 Å². The van der Waals surface area contributed by atoms with E-state index in [1.807, 2.05) is 19.1 Å². The number of aromatic nitrogens is 2. The number of hydrogen-bond donors (Lipinski definition) is 3. The molecule has 1 fully saturated rings. The molecule has 0 aliphatic heterocycles. The Morgan fingerprint density at radius 3 is 2.80 bits per heavy atom. The fourth-order valence-corrected chi connectivity index (χ4v) is 3.58. The molecule has 1 heterocycles. The van der Waals surface area contributed by atoms with Crippen molar-refractivity contribution in [3.63, 3.8) is 0 Å². The summed E-state index contributed by atoms with van der Waals surface area (Å²) in [4.78, 5) is 27.8. The maximum Gasteiger partial charge on any atom is 0.262 e. The highest BCUT2D eigenvalue weighted by atomic mass is 32.1. The van der Waals surface area contributed by atoms with Gasteiger partial charge in [0.15, 0.2) is 4.77 Å². The van der Waals surface area contributed by atoms with Gasteiger partial charge in [0, 0.05) is 19.0 Å². The molecule has 1 aliphatic rings. The highest BCUT2D eigenvalue weighted by Gasteiger charge is 2.29. The topological polar surface area (TPSA) is 87.1 Å². The predicted molar refractivity (Wildman–Crippen MR) is 99.0 cm³/mol. The number of carbonyl (C=O) groups is 1. The highest BCUT2D eigenvalue weighted by Crippen LogP contribution is 2.27. The highest BCUT2D eigenvalue weighted by molar-refractivity contribution is 7.71. The summed E-state index contributed by atoms with van der Waals surface area (Å²) < 4.78 is 1.76. The van der Waals surface area contributed by atoms with E-state index in [1.165, 1.54) is 4.57 Å². The van der Waals surface area contributed by atoms with Gasteiger partial charge in [-0.15, -0.1) is 0 Å². The zero-order valence-corrected chi connectivity index (χ0v) is 15.1. The van der Waals surface area contributed by atoms with E-state index in [0.717, 1.165) is 12.8 Å². The fraction of sp³-hybridized carbons (Fsp3) is 0.500. The van der Waals surface area contributed by atoms with Crippen LogP contribution >= 0.6 is 12.2 Å². The first-order valence-electron chi connectivity index (χ1n) is 8.59. The van der Waals surface area contributed by atoms with Gasteiger partial charge in [-0.1, -0.05) is 12.1 Å². The van der Waals surface area contributed by atoms with Crippen LogP contribution < -0.4 is 10.9 Å². The van der Waals surface area contributed by atoms with E-state index in [-0.39, 0.29) is 30.5 Å². The van der Waals surface area contributed by atoms with Crippen LogP contribution in [0.25, 0.3) is 10.9 Å². The minimum absolute atomic E-state index is 0.0931. The van der Waals surface area contributed by atoms with Gasteiger partial charge in [0.2, 0.25) is 5.91 Å².